The smallest absolute Gasteiger partial charge is 0.405 e. The molecule has 0 saturated carbocycles. The van der Waals surface area contributed by atoms with Gasteiger partial charge in [0, 0.05) is 4.47 Å². The molecule has 0 spiro atoms. The molecule has 22 heavy (non-hydrogen) atoms. The Bertz CT molecular complexity index is 660. The summed E-state index contributed by atoms with van der Waals surface area (Å²) >= 11 is 3.15. The van der Waals surface area contributed by atoms with E-state index in [9.17, 15) is 18.0 Å². The molecular formula is C13H17BrN2O5S. The first-order chi connectivity index (χ1) is 10.1. The maximum atomic E-state index is 12.1. The van der Waals surface area contributed by atoms with Crippen LogP contribution in [0.25, 0.3) is 0 Å². The molecule has 9 heteroatoms. The number of amides is 2. The Morgan fingerprint density at radius 3 is 2.50 bits per heavy atom. The second-order valence-corrected chi connectivity index (χ2v) is 7.58. The highest BCUT2D eigenvalue weighted by Gasteiger charge is 2.28. The van der Waals surface area contributed by atoms with Crippen molar-refractivity contribution in [3.63, 3.8) is 0 Å². The summed E-state index contributed by atoms with van der Waals surface area (Å²) in [4.78, 5) is 22.8. The topological polar surface area (TPSA) is 116 Å². The van der Waals surface area contributed by atoms with E-state index in [0.29, 0.717) is 4.47 Å². The highest BCUT2D eigenvalue weighted by atomic mass is 79.9. The number of benzene rings is 1. The van der Waals surface area contributed by atoms with Gasteiger partial charge in [-0.15, -0.1) is 0 Å². The van der Waals surface area contributed by atoms with Crippen LogP contribution in [0.3, 0.4) is 0 Å². The van der Waals surface area contributed by atoms with Crippen LogP contribution in [0.15, 0.2) is 33.6 Å². The lowest BCUT2D eigenvalue weighted by Crippen LogP contribution is -2.42. The Morgan fingerprint density at radius 1 is 1.36 bits per heavy atom. The molecule has 0 aliphatic carbocycles. The number of halogens is 1. The lowest BCUT2D eigenvalue weighted by molar-refractivity contribution is -0.128. The van der Waals surface area contributed by atoms with Crippen molar-refractivity contribution in [2.75, 3.05) is 0 Å². The van der Waals surface area contributed by atoms with Crippen LogP contribution in [-0.4, -0.2) is 26.5 Å². The van der Waals surface area contributed by atoms with Crippen molar-refractivity contribution in [2.24, 2.45) is 11.7 Å². The molecule has 0 bridgehead atoms. The highest BCUT2D eigenvalue weighted by molar-refractivity contribution is 9.10. The Morgan fingerprint density at radius 2 is 2.00 bits per heavy atom. The van der Waals surface area contributed by atoms with E-state index < -0.39 is 28.1 Å². The molecule has 1 aromatic carbocycles. The van der Waals surface area contributed by atoms with Gasteiger partial charge in [-0.05, 0) is 30.5 Å². The highest BCUT2D eigenvalue weighted by Crippen LogP contribution is 2.16. The van der Waals surface area contributed by atoms with E-state index in [4.69, 9.17) is 5.73 Å². The predicted molar refractivity (Wildman–Crippen MR) is 83.4 cm³/mol. The van der Waals surface area contributed by atoms with Crippen LogP contribution in [0.4, 0.5) is 4.79 Å². The second-order valence-electron chi connectivity index (χ2n) is 4.98. The molecule has 122 valence electrons. The van der Waals surface area contributed by atoms with Crippen molar-refractivity contribution in [2.45, 2.75) is 31.3 Å². The van der Waals surface area contributed by atoms with Gasteiger partial charge in [-0.1, -0.05) is 35.8 Å². The molecule has 0 saturated heterocycles. The summed E-state index contributed by atoms with van der Waals surface area (Å²) in [5, 5.41) is 0. The fourth-order valence-corrected chi connectivity index (χ4v) is 3.27. The number of carbonyl (C=O) groups is 2. The van der Waals surface area contributed by atoms with Crippen molar-refractivity contribution in [3.05, 3.63) is 28.7 Å². The van der Waals surface area contributed by atoms with Crippen LogP contribution in [0.2, 0.25) is 0 Å². The van der Waals surface area contributed by atoms with Crippen LogP contribution in [0, 0.1) is 5.92 Å². The van der Waals surface area contributed by atoms with Crippen molar-refractivity contribution in [1.29, 1.82) is 0 Å². The van der Waals surface area contributed by atoms with E-state index >= 15 is 0 Å². The number of rotatable bonds is 6. The summed E-state index contributed by atoms with van der Waals surface area (Å²) in [6.07, 6.45) is -2.25. The maximum Gasteiger partial charge on any atom is 0.405 e. The zero-order valence-electron chi connectivity index (χ0n) is 12.1. The first kappa shape index (κ1) is 18.4. The van der Waals surface area contributed by atoms with E-state index in [2.05, 4.69) is 20.7 Å². The van der Waals surface area contributed by atoms with Gasteiger partial charge in [-0.2, -0.15) is 0 Å². The number of primary amides is 1. The van der Waals surface area contributed by atoms with Crippen LogP contribution >= 0.6 is 15.9 Å². The minimum atomic E-state index is -4.06. The summed E-state index contributed by atoms with van der Waals surface area (Å²) < 4.78 is 31.4. The Kier molecular flexibility index (Phi) is 6.36. The zero-order valence-corrected chi connectivity index (χ0v) is 14.5. The van der Waals surface area contributed by atoms with Crippen LogP contribution in [-0.2, 0) is 19.6 Å². The fraction of sp³-hybridized carbons (Fsp3) is 0.385. The SMILES string of the molecule is CC(C)C[C@H](OC(N)=O)C(=O)NS(=O)(=O)c1cccc(Br)c1. The van der Waals surface area contributed by atoms with Gasteiger partial charge in [0.15, 0.2) is 6.10 Å². The Labute approximate surface area is 137 Å². The van der Waals surface area contributed by atoms with E-state index in [0.717, 1.165) is 0 Å². The molecule has 0 aliphatic heterocycles. The van der Waals surface area contributed by atoms with E-state index in [1.165, 1.54) is 18.2 Å². The van der Waals surface area contributed by atoms with Crippen molar-refractivity contribution in [1.82, 2.24) is 4.72 Å². The quantitative estimate of drug-likeness (QED) is 0.764. The van der Waals surface area contributed by atoms with Crippen molar-refractivity contribution >= 4 is 38.0 Å². The second kappa shape index (κ2) is 7.59. The number of nitrogens with one attached hydrogen (secondary N) is 1. The van der Waals surface area contributed by atoms with E-state index in [-0.39, 0.29) is 17.2 Å². The van der Waals surface area contributed by atoms with Gasteiger partial charge in [0.2, 0.25) is 0 Å². The molecule has 0 aromatic heterocycles. The Hall–Kier alpha value is -1.61. The summed E-state index contributed by atoms with van der Waals surface area (Å²) in [5.41, 5.74) is 4.90. The predicted octanol–water partition coefficient (Wildman–Crippen LogP) is 1.76. The summed E-state index contributed by atoms with van der Waals surface area (Å²) in [6.45, 7) is 3.60. The van der Waals surface area contributed by atoms with Gasteiger partial charge < -0.3 is 10.5 Å². The summed E-state index contributed by atoms with van der Waals surface area (Å²) in [6, 6.07) is 5.86. The number of nitrogens with two attached hydrogens (primary N) is 1. The van der Waals surface area contributed by atoms with Gasteiger partial charge in [-0.3, -0.25) is 4.79 Å². The van der Waals surface area contributed by atoms with Gasteiger partial charge in [0.05, 0.1) is 4.90 Å². The van der Waals surface area contributed by atoms with E-state index in [1.807, 2.05) is 4.72 Å². The van der Waals surface area contributed by atoms with Crippen molar-refractivity contribution in [3.8, 4) is 0 Å². The number of hydrogen-bond acceptors (Lipinski definition) is 5. The largest absolute Gasteiger partial charge is 0.436 e. The van der Waals surface area contributed by atoms with Gasteiger partial charge in [0.25, 0.3) is 15.9 Å². The molecule has 0 aliphatic rings. The normalized spacial score (nSPS) is 12.7. The molecule has 2 amide bonds. The minimum Gasteiger partial charge on any atom is -0.436 e. The first-order valence-electron chi connectivity index (χ1n) is 6.40. The number of ether oxygens (including phenoxy) is 1. The third kappa shape index (κ3) is 5.64. The molecule has 7 nitrogen and oxygen atoms in total. The Balaban J connectivity index is 2.94. The van der Waals surface area contributed by atoms with Gasteiger partial charge in [0.1, 0.15) is 0 Å². The molecule has 0 fully saturated rings. The number of hydrogen-bond donors (Lipinski definition) is 2. The van der Waals surface area contributed by atoms with Gasteiger partial charge in [-0.25, -0.2) is 17.9 Å². The summed E-state index contributed by atoms with van der Waals surface area (Å²) in [7, 11) is -4.06. The van der Waals surface area contributed by atoms with Gasteiger partial charge >= 0.3 is 6.09 Å². The average Bonchev–Trinajstić information content (AvgIpc) is 2.36. The lowest BCUT2D eigenvalue weighted by atomic mass is 10.1. The monoisotopic (exact) mass is 392 g/mol. The molecule has 1 atom stereocenters. The molecule has 0 unspecified atom stereocenters. The molecule has 0 radical (unpaired) electrons. The number of carbonyl (C=O) groups excluding carboxylic acids is 2. The molecule has 1 aromatic rings. The lowest BCUT2D eigenvalue weighted by Gasteiger charge is -2.18. The van der Waals surface area contributed by atoms with E-state index in [1.54, 1.807) is 19.9 Å². The fourth-order valence-electron chi connectivity index (χ4n) is 1.67. The zero-order chi connectivity index (χ0) is 16.9. The number of sulfonamides is 1. The molecule has 3 N–H and O–H groups in total. The minimum absolute atomic E-state index is 0.00340. The summed E-state index contributed by atoms with van der Waals surface area (Å²) in [5.74, 6) is -0.934. The standard InChI is InChI=1S/C13H17BrN2O5S/c1-8(2)6-11(21-13(15)18)12(17)16-22(19,20)10-5-3-4-9(14)7-10/h3-5,7-8,11H,6H2,1-2H3,(H2,15,18)(H,16,17)/t11-/m0/s1. The molecule has 1 rings (SSSR count). The average molecular weight is 393 g/mol. The van der Waals surface area contributed by atoms with Crippen LogP contribution in [0.1, 0.15) is 20.3 Å². The van der Waals surface area contributed by atoms with Crippen molar-refractivity contribution < 1.29 is 22.7 Å². The maximum absolute atomic E-state index is 12.1. The first-order valence-corrected chi connectivity index (χ1v) is 8.67. The molecular weight excluding hydrogens is 376 g/mol. The molecule has 0 heterocycles. The van der Waals surface area contributed by atoms with Crippen LogP contribution in [0.5, 0.6) is 0 Å². The third-order valence-electron chi connectivity index (χ3n) is 2.58. The van der Waals surface area contributed by atoms with Crippen LogP contribution < -0.4 is 10.5 Å². The third-order valence-corrected chi connectivity index (χ3v) is 4.42.